The van der Waals surface area contributed by atoms with Crippen molar-refractivity contribution in [2.45, 2.75) is 5.79 Å². The molecule has 108 valence electrons. The number of carbonyl (C=O) groups excluding carboxylic acids is 2. The van der Waals surface area contributed by atoms with Gasteiger partial charge in [-0.05, 0) is 12.1 Å². The number of Topliss-reactive ketones (excluding diaryl/α,β-unsaturated/α-hetero) is 1. The minimum Gasteiger partial charge on any atom is -0.486 e. The number of fused-ring (bicyclic) bond motifs is 1. The first-order valence-electron chi connectivity index (χ1n) is 6.22. The van der Waals surface area contributed by atoms with E-state index >= 15 is 0 Å². The molecule has 1 unspecified atom stereocenters. The smallest absolute Gasteiger partial charge is 0.276 e. The standard InChI is InChI=1S/C13H13N5O3/c14-13(9(19)6-21-8-4-2-1-3-5-8)17-11-10(12(20)18-13)15-7-16-11/h1-5,7,17H,6,14H2,(H,15,16)(H,18,20). The largest absolute Gasteiger partial charge is 0.486 e. The van der Waals surface area contributed by atoms with Gasteiger partial charge in [0.15, 0.2) is 12.3 Å². The molecule has 1 amide bonds. The fraction of sp³-hybridized carbons (Fsp3) is 0.154. The second-order valence-corrected chi connectivity index (χ2v) is 4.54. The van der Waals surface area contributed by atoms with Gasteiger partial charge in [-0.15, -0.1) is 0 Å². The number of nitrogens with zero attached hydrogens (tertiary/aromatic N) is 1. The van der Waals surface area contributed by atoms with Crippen LogP contribution in [0.2, 0.25) is 0 Å². The summed E-state index contributed by atoms with van der Waals surface area (Å²) in [5.74, 6) is -1.93. The van der Waals surface area contributed by atoms with E-state index in [0.717, 1.165) is 0 Å². The maximum Gasteiger partial charge on any atom is 0.276 e. The molecule has 1 aromatic carbocycles. The molecule has 2 heterocycles. The number of rotatable bonds is 4. The summed E-state index contributed by atoms with van der Waals surface area (Å²) in [4.78, 5) is 30.6. The van der Waals surface area contributed by atoms with Gasteiger partial charge in [0, 0.05) is 0 Å². The first kappa shape index (κ1) is 13.1. The summed E-state index contributed by atoms with van der Waals surface area (Å²) < 4.78 is 5.34. The molecule has 5 N–H and O–H groups in total. The Labute approximate surface area is 119 Å². The average molecular weight is 287 g/mol. The topological polar surface area (TPSA) is 122 Å². The van der Waals surface area contributed by atoms with E-state index in [1.807, 2.05) is 6.07 Å². The van der Waals surface area contributed by atoms with Crippen molar-refractivity contribution < 1.29 is 14.3 Å². The summed E-state index contributed by atoms with van der Waals surface area (Å²) in [5.41, 5.74) is 6.07. The van der Waals surface area contributed by atoms with Crippen molar-refractivity contribution in [3.63, 3.8) is 0 Å². The number of ether oxygens (including phenoxy) is 1. The molecule has 0 spiro atoms. The summed E-state index contributed by atoms with van der Waals surface area (Å²) >= 11 is 0. The Morgan fingerprint density at radius 2 is 2.05 bits per heavy atom. The lowest BCUT2D eigenvalue weighted by Gasteiger charge is -2.33. The predicted octanol–water partition coefficient (Wildman–Crippen LogP) is -0.174. The summed E-state index contributed by atoms with van der Waals surface area (Å²) in [6.45, 7) is -0.280. The molecule has 0 aliphatic carbocycles. The molecule has 1 aliphatic heterocycles. The molecule has 1 aromatic heterocycles. The molecule has 0 saturated heterocycles. The molecule has 0 radical (unpaired) electrons. The number of nitrogens with one attached hydrogen (secondary N) is 3. The molecular formula is C13H13N5O3. The highest BCUT2D eigenvalue weighted by Crippen LogP contribution is 2.19. The summed E-state index contributed by atoms with van der Waals surface area (Å²) in [7, 11) is 0. The van der Waals surface area contributed by atoms with Crippen LogP contribution in [0.15, 0.2) is 36.7 Å². The van der Waals surface area contributed by atoms with Gasteiger partial charge in [-0.25, -0.2) is 4.98 Å². The van der Waals surface area contributed by atoms with Crippen LogP contribution in [0.3, 0.4) is 0 Å². The van der Waals surface area contributed by atoms with E-state index in [2.05, 4.69) is 20.6 Å². The van der Waals surface area contributed by atoms with E-state index in [0.29, 0.717) is 11.6 Å². The Kier molecular flexibility index (Phi) is 3.07. The number of carbonyl (C=O) groups is 2. The highest BCUT2D eigenvalue weighted by Gasteiger charge is 2.42. The van der Waals surface area contributed by atoms with Gasteiger partial charge in [-0.3, -0.25) is 15.3 Å². The number of nitrogens with two attached hydrogens (primary N) is 1. The molecule has 1 aliphatic rings. The number of amides is 1. The van der Waals surface area contributed by atoms with Crippen molar-refractivity contribution in [2.75, 3.05) is 11.9 Å². The van der Waals surface area contributed by atoms with Gasteiger partial charge in [-0.2, -0.15) is 0 Å². The second-order valence-electron chi connectivity index (χ2n) is 4.54. The number of para-hydroxylation sites is 1. The Hall–Kier alpha value is -2.87. The number of hydrogen-bond donors (Lipinski definition) is 4. The zero-order chi connectivity index (χ0) is 14.9. The number of ketones is 1. The fourth-order valence-corrected chi connectivity index (χ4v) is 1.95. The lowest BCUT2D eigenvalue weighted by atomic mass is 10.1. The maximum atomic E-state index is 12.2. The van der Waals surface area contributed by atoms with Crippen molar-refractivity contribution in [2.24, 2.45) is 5.73 Å². The molecule has 0 bridgehead atoms. The number of hydrogen-bond acceptors (Lipinski definition) is 6. The maximum absolute atomic E-state index is 12.2. The summed E-state index contributed by atoms with van der Waals surface area (Å²) in [6.07, 6.45) is 1.34. The Balaban J connectivity index is 1.71. The monoisotopic (exact) mass is 287 g/mol. The van der Waals surface area contributed by atoms with Gasteiger partial charge >= 0.3 is 0 Å². The van der Waals surface area contributed by atoms with Crippen LogP contribution in [0.25, 0.3) is 0 Å². The molecule has 1 atom stereocenters. The van der Waals surface area contributed by atoms with Crippen LogP contribution in [-0.4, -0.2) is 34.1 Å². The van der Waals surface area contributed by atoms with Crippen LogP contribution >= 0.6 is 0 Å². The van der Waals surface area contributed by atoms with Gasteiger partial charge < -0.3 is 20.4 Å². The molecular weight excluding hydrogens is 274 g/mol. The highest BCUT2D eigenvalue weighted by molar-refractivity contribution is 6.05. The Morgan fingerprint density at radius 1 is 1.29 bits per heavy atom. The quantitative estimate of drug-likeness (QED) is 0.619. The molecule has 8 nitrogen and oxygen atoms in total. The SMILES string of the molecule is NC1(C(=O)COc2ccccc2)NC(=O)c2nc[nH]c2N1. The van der Waals surface area contributed by atoms with Crippen LogP contribution in [0.1, 0.15) is 10.5 Å². The van der Waals surface area contributed by atoms with Crippen LogP contribution < -0.4 is 21.1 Å². The van der Waals surface area contributed by atoms with Crippen LogP contribution in [0, 0.1) is 0 Å². The number of benzene rings is 1. The molecule has 3 rings (SSSR count). The number of anilines is 1. The van der Waals surface area contributed by atoms with Gasteiger partial charge in [0.05, 0.1) is 6.33 Å². The van der Waals surface area contributed by atoms with E-state index in [4.69, 9.17) is 10.5 Å². The van der Waals surface area contributed by atoms with E-state index in [-0.39, 0.29) is 12.3 Å². The molecule has 21 heavy (non-hydrogen) atoms. The highest BCUT2D eigenvalue weighted by atomic mass is 16.5. The average Bonchev–Trinajstić information content (AvgIpc) is 2.94. The Morgan fingerprint density at radius 3 is 2.81 bits per heavy atom. The van der Waals surface area contributed by atoms with Gasteiger partial charge in [0.1, 0.15) is 11.6 Å². The van der Waals surface area contributed by atoms with Crippen molar-refractivity contribution >= 4 is 17.5 Å². The zero-order valence-corrected chi connectivity index (χ0v) is 10.9. The molecule has 8 heteroatoms. The number of aromatic nitrogens is 2. The first-order valence-corrected chi connectivity index (χ1v) is 6.22. The zero-order valence-electron chi connectivity index (χ0n) is 10.9. The summed E-state index contributed by atoms with van der Waals surface area (Å²) in [5, 5.41) is 5.10. The van der Waals surface area contributed by atoms with E-state index < -0.39 is 17.5 Å². The first-order chi connectivity index (χ1) is 10.1. The van der Waals surface area contributed by atoms with E-state index in [9.17, 15) is 9.59 Å². The van der Waals surface area contributed by atoms with Gasteiger partial charge in [0.2, 0.25) is 11.6 Å². The number of H-pyrrole nitrogens is 1. The molecule has 0 fully saturated rings. The predicted molar refractivity (Wildman–Crippen MR) is 73.5 cm³/mol. The van der Waals surface area contributed by atoms with Crippen LogP contribution in [0.4, 0.5) is 5.82 Å². The Bertz CT molecular complexity index is 684. The number of aromatic amines is 1. The summed E-state index contributed by atoms with van der Waals surface area (Å²) in [6, 6.07) is 8.85. The van der Waals surface area contributed by atoms with E-state index in [1.54, 1.807) is 24.3 Å². The molecule has 2 aromatic rings. The third-order valence-electron chi connectivity index (χ3n) is 3.04. The second kappa shape index (κ2) is 4.91. The third kappa shape index (κ3) is 2.43. The van der Waals surface area contributed by atoms with Crippen molar-refractivity contribution in [3.8, 4) is 5.75 Å². The van der Waals surface area contributed by atoms with Gasteiger partial charge in [0.25, 0.3) is 5.91 Å². The minimum atomic E-state index is -1.73. The third-order valence-corrected chi connectivity index (χ3v) is 3.04. The fourth-order valence-electron chi connectivity index (χ4n) is 1.95. The minimum absolute atomic E-state index is 0.160. The van der Waals surface area contributed by atoms with Crippen molar-refractivity contribution in [1.82, 2.24) is 15.3 Å². The van der Waals surface area contributed by atoms with Crippen molar-refractivity contribution in [3.05, 3.63) is 42.4 Å². The lowest BCUT2D eigenvalue weighted by Crippen LogP contribution is -2.69. The van der Waals surface area contributed by atoms with E-state index in [1.165, 1.54) is 6.33 Å². The van der Waals surface area contributed by atoms with Crippen LogP contribution in [-0.2, 0) is 4.79 Å². The van der Waals surface area contributed by atoms with Crippen LogP contribution in [0.5, 0.6) is 5.75 Å². The molecule has 0 saturated carbocycles. The number of imidazole rings is 1. The van der Waals surface area contributed by atoms with Gasteiger partial charge in [-0.1, -0.05) is 18.2 Å². The lowest BCUT2D eigenvalue weighted by molar-refractivity contribution is -0.126. The van der Waals surface area contributed by atoms with Crippen molar-refractivity contribution in [1.29, 1.82) is 0 Å². The normalized spacial score (nSPS) is 20.1.